The Balaban J connectivity index is 2.13. The summed E-state index contributed by atoms with van der Waals surface area (Å²) in [7, 11) is 2.04. The topological polar surface area (TPSA) is 39.1 Å². The van der Waals surface area contributed by atoms with E-state index in [2.05, 4.69) is 39.1 Å². The molecule has 1 fully saturated rings. The van der Waals surface area contributed by atoms with E-state index < -0.39 is 0 Å². The van der Waals surface area contributed by atoms with Crippen molar-refractivity contribution in [2.75, 3.05) is 25.0 Å². The first-order chi connectivity index (χ1) is 8.58. The molecule has 0 saturated carbocycles. The molecule has 0 atom stereocenters. The van der Waals surface area contributed by atoms with Crippen molar-refractivity contribution in [2.24, 2.45) is 0 Å². The zero-order valence-electron chi connectivity index (χ0n) is 10.8. The van der Waals surface area contributed by atoms with E-state index in [0.29, 0.717) is 5.56 Å². The molecule has 0 aliphatic carbocycles. The number of nitrogens with zero attached hydrogens (tertiary/aromatic N) is 2. The molecular formula is C14H18BrN3. The maximum atomic E-state index is 8.87. The molecule has 0 amide bonds. The SMILES string of the molecule is CNC1(C)CCN(c2ccc(C#N)cc2Br)CC1. The quantitative estimate of drug-likeness (QED) is 0.913. The van der Waals surface area contributed by atoms with Gasteiger partial charge in [-0.25, -0.2) is 0 Å². The van der Waals surface area contributed by atoms with Gasteiger partial charge in [0.25, 0.3) is 0 Å². The van der Waals surface area contributed by atoms with Gasteiger partial charge in [-0.05, 0) is 60.9 Å². The van der Waals surface area contributed by atoms with Crippen LogP contribution in [0.2, 0.25) is 0 Å². The number of hydrogen-bond donors (Lipinski definition) is 1. The highest BCUT2D eigenvalue weighted by Gasteiger charge is 2.28. The molecule has 0 spiro atoms. The number of benzene rings is 1. The molecule has 3 nitrogen and oxygen atoms in total. The van der Waals surface area contributed by atoms with Crippen LogP contribution < -0.4 is 10.2 Å². The molecule has 1 aliphatic heterocycles. The van der Waals surface area contributed by atoms with E-state index in [4.69, 9.17) is 5.26 Å². The lowest BCUT2D eigenvalue weighted by Gasteiger charge is -2.40. The molecule has 18 heavy (non-hydrogen) atoms. The van der Waals surface area contributed by atoms with Crippen molar-refractivity contribution in [1.82, 2.24) is 5.32 Å². The lowest BCUT2D eigenvalue weighted by molar-refractivity contribution is 0.305. The van der Waals surface area contributed by atoms with Gasteiger partial charge in [-0.3, -0.25) is 0 Å². The highest BCUT2D eigenvalue weighted by atomic mass is 79.9. The number of piperidine rings is 1. The van der Waals surface area contributed by atoms with Crippen LogP contribution in [0, 0.1) is 11.3 Å². The minimum atomic E-state index is 0.259. The Hall–Kier alpha value is -1.05. The Morgan fingerprint density at radius 2 is 2.06 bits per heavy atom. The molecule has 1 saturated heterocycles. The average Bonchev–Trinajstić information content (AvgIpc) is 2.40. The van der Waals surface area contributed by atoms with Crippen LogP contribution in [-0.2, 0) is 0 Å². The normalized spacial score (nSPS) is 18.4. The molecule has 0 aromatic heterocycles. The van der Waals surface area contributed by atoms with Crippen molar-refractivity contribution >= 4 is 21.6 Å². The number of nitrogens with one attached hydrogen (secondary N) is 1. The Morgan fingerprint density at radius 1 is 1.39 bits per heavy atom. The van der Waals surface area contributed by atoms with Gasteiger partial charge in [0, 0.05) is 23.1 Å². The third-order valence-electron chi connectivity index (χ3n) is 3.89. The predicted octanol–water partition coefficient (Wildman–Crippen LogP) is 2.90. The summed E-state index contributed by atoms with van der Waals surface area (Å²) in [6, 6.07) is 7.97. The summed E-state index contributed by atoms with van der Waals surface area (Å²) in [5.74, 6) is 0. The fourth-order valence-corrected chi connectivity index (χ4v) is 2.95. The fraction of sp³-hybridized carbons (Fsp3) is 0.500. The zero-order chi connectivity index (χ0) is 13.2. The minimum absolute atomic E-state index is 0.259. The molecule has 2 rings (SSSR count). The van der Waals surface area contributed by atoms with E-state index in [1.165, 1.54) is 5.69 Å². The van der Waals surface area contributed by atoms with Crippen LogP contribution in [0.25, 0.3) is 0 Å². The smallest absolute Gasteiger partial charge is 0.0992 e. The molecule has 96 valence electrons. The second-order valence-corrected chi connectivity index (χ2v) is 5.93. The van der Waals surface area contributed by atoms with Crippen molar-refractivity contribution in [3.63, 3.8) is 0 Å². The Morgan fingerprint density at radius 3 is 2.56 bits per heavy atom. The number of halogens is 1. The van der Waals surface area contributed by atoms with Gasteiger partial charge < -0.3 is 10.2 Å². The summed E-state index contributed by atoms with van der Waals surface area (Å²) in [6.07, 6.45) is 2.27. The third kappa shape index (κ3) is 2.68. The summed E-state index contributed by atoms with van der Waals surface area (Å²) in [4.78, 5) is 2.38. The molecule has 0 bridgehead atoms. The van der Waals surface area contributed by atoms with Crippen molar-refractivity contribution in [2.45, 2.75) is 25.3 Å². The average molecular weight is 308 g/mol. The van der Waals surface area contributed by atoms with Gasteiger partial charge in [-0.1, -0.05) is 0 Å². The van der Waals surface area contributed by atoms with Crippen LogP contribution in [0.3, 0.4) is 0 Å². The van der Waals surface area contributed by atoms with Crippen LogP contribution in [0.5, 0.6) is 0 Å². The first-order valence-corrected chi connectivity index (χ1v) is 7.01. The van der Waals surface area contributed by atoms with Gasteiger partial charge in [-0.15, -0.1) is 0 Å². The van der Waals surface area contributed by atoms with E-state index in [-0.39, 0.29) is 5.54 Å². The maximum Gasteiger partial charge on any atom is 0.0992 e. The zero-order valence-corrected chi connectivity index (χ0v) is 12.4. The van der Waals surface area contributed by atoms with Crippen molar-refractivity contribution in [1.29, 1.82) is 5.26 Å². The second kappa shape index (κ2) is 5.29. The van der Waals surface area contributed by atoms with Crippen LogP contribution >= 0.6 is 15.9 Å². The van der Waals surface area contributed by atoms with Crippen LogP contribution in [-0.4, -0.2) is 25.7 Å². The standard InChI is InChI=1S/C14H18BrN3/c1-14(17-2)5-7-18(8-6-14)13-4-3-11(10-16)9-12(13)15/h3-4,9,17H,5-8H2,1-2H3. The van der Waals surface area contributed by atoms with Gasteiger partial charge in [0.15, 0.2) is 0 Å². The Labute approximate surface area is 117 Å². The highest BCUT2D eigenvalue weighted by molar-refractivity contribution is 9.10. The van der Waals surface area contributed by atoms with E-state index in [9.17, 15) is 0 Å². The maximum absolute atomic E-state index is 8.87. The largest absolute Gasteiger partial charge is 0.370 e. The molecule has 1 aromatic rings. The summed E-state index contributed by atoms with van der Waals surface area (Å²) >= 11 is 3.56. The molecule has 1 heterocycles. The van der Waals surface area contributed by atoms with Crippen LogP contribution in [0.15, 0.2) is 22.7 Å². The molecule has 0 radical (unpaired) electrons. The van der Waals surface area contributed by atoms with Gasteiger partial charge in [0.2, 0.25) is 0 Å². The van der Waals surface area contributed by atoms with Gasteiger partial charge in [0.1, 0.15) is 0 Å². The highest BCUT2D eigenvalue weighted by Crippen LogP contribution is 2.31. The van der Waals surface area contributed by atoms with Gasteiger partial charge in [-0.2, -0.15) is 5.26 Å². The third-order valence-corrected chi connectivity index (χ3v) is 4.52. The monoisotopic (exact) mass is 307 g/mol. The summed E-state index contributed by atoms with van der Waals surface area (Å²) in [5, 5.41) is 12.3. The molecule has 1 aromatic carbocycles. The van der Waals surface area contributed by atoms with Crippen molar-refractivity contribution in [3.05, 3.63) is 28.2 Å². The first kappa shape index (κ1) is 13.4. The lowest BCUT2D eigenvalue weighted by Crippen LogP contribution is -2.50. The van der Waals surface area contributed by atoms with Crippen LogP contribution in [0.4, 0.5) is 5.69 Å². The number of anilines is 1. The molecular weight excluding hydrogens is 290 g/mol. The fourth-order valence-electron chi connectivity index (χ4n) is 2.32. The molecule has 0 unspecified atom stereocenters. The number of nitriles is 1. The van der Waals surface area contributed by atoms with Crippen molar-refractivity contribution in [3.8, 4) is 6.07 Å². The molecule has 1 aliphatic rings. The van der Waals surface area contributed by atoms with E-state index >= 15 is 0 Å². The van der Waals surface area contributed by atoms with Crippen LogP contribution in [0.1, 0.15) is 25.3 Å². The van der Waals surface area contributed by atoms with Gasteiger partial charge in [0.05, 0.1) is 17.3 Å². The summed E-state index contributed by atoms with van der Waals surface area (Å²) in [5.41, 5.74) is 2.14. The summed E-state index contributed by atoms with van der Waals surface area (Å²) in [6.45, 7) is 4.36. The van der Waals surface area contributed by atoms with E-state index in [1.807, 2.05) is 25.2 Å². The minimum Gasteiger partial charge on any atom is -0.370 e. The first-order valence-electron chi connectivity index (χ1n) is 6.21. The van der Waals surface area contributed by atoms with Crippen molar-refractivity contribution < 1.29 is 0 Å². The predicted molar refractivity (Wildman–Crippen MR) is 77.8 cm³/mol. The number of rotatable bonds is 2. The Bertz CT molecular complexity index is 470. The van der Waals surface area contributed by atoms with Gasteiger partial charge >= 0.3 is 0 Å². The van der Waals surface area contributed by atoms with E-state index in [0.717, 1.165) is 30.4 Å². The molecule has 4 heteroatoms. The summed E-state index contributed by atoms with van der Waals surface area (Å²) < 4.78 is 1.01. The van der Waals surface area contributed by atoms with E-state index in [1.54, 1.807) is 0 Å². The number of hydrogen-bond acceptors (Lipinski definition) is 3. The lowest BCUT2D eigenvalue weighted by atomic mass is 9.89. The second-order valence-electron chi connectivity index (χ2n) is 5.08. The molecule has 1 N–H and O–H groups in total. The Kier molecular flexibility index (Phi) is 3.94.